The van der Waals surface area contributed by atoms with Gasteiger partial charge in [-0.2, -0.15) is 5.26 Å². The van der Waals surface area contributed by atoms with Crippen LogP contribution >= 0.6 is 0 Å². The van der Waals surface area contributed by atoms with Gasteiger partial charge in [0.2, 0.25) is 0 Å². The van der Waals surface area contributed by atoms with Gasteiger partial charge < -0.3 is 4.74 Å². The number of nitriles is 1. The summed E-state index contributed by atoms with van der Waals surface area (Å²) < 4.78 is 5.38. The highest BCUT2D eigenvalue weighted by Gasteiger charge is 2.13. The van der Waals surface area contributed by atoms with E-state index in [0.717, 1.165) is 16.9 Å². The van der Waals surface area contributed by atoms with E-state index in [1.807, 2.05) is 31.2 Å². The standard InChI is InChI=1S/C17H16N2O3/c1-2-22-17-9-3-13(4-10-17)11-15(12-18)14-5-7-16(8-6-14)19(20)21/h3-10,15H,2,11H2,1H3. The number of hydrogen-bond donors (Lipinski definition) is 0. The molecule has 0 saturated heterocycles. The molecule has 5 nitrogen and oxygen atoms in total. The fourth-order valence-electron chi connectivity index (χ4n) is 2.19. The molecule has 2 aromatic rings. The first-order valence-corrected chi connectivity index (χ1v) is 6.99. The SMILES string of the molecule is CCOc1ccc(CC(C#N)c2ccc([N+](=O)[O-])cc2)cc1. The molecule has 0 heterocycles. The number of nitrogens with zero attached hydrogens (tertiary/aromatic N) is 2. The number of ether oxygens (including phenoxy) is 1. The van der Waals surface area contributed by atoms with Crippen LogP contribution in [0.5, 0.6) is 5.75 Å². The zero-order valence-electron chi connectivity index (χ0n) is 12.2. The zero-order chi connectivity index (χ0) is 15.9. The molecule has 0 aliphatic carbocycles. The van der Waals surface area contributed by atoms with Crippen LogP contribution in [0.25, 0.3) is 0 Å². The monoisotopic (exact) mass is 296 g/mol. The summed E-state index contributed by atoms with van der Waals surface area (Å²) in [6.07, 6.45) is 0.556. The Hall–Kier alpha value is -2.87. The van der Waals surface area contributed by atoms with Crippen molar-refractivity contribution in [3.8, 4) is 11.8 Å². The quantitative estimate of drug-likeness (QED) is 0.599. The van der Waals surface area contributed by atoms with Gasteiger partial charge in [0.1, 0.15) is 5.75 Å². The summed E-state index contributed by atoms with van der Waals surface area (Å²) in [5.74, 6) is 0.467. The third-order valence-electron chi connectivity index (χ3n) is 3.34. The summed E-state index contributed by atoms with van der Waals surface area (Å²) in [4.78, 5) is 10.2. The van der Waals surface area contributed by atoms with E-state index in [2.05, 4.69) is 6.07 Å². The summed E-state index contributed by atoms with van der Waals surface area (Å²) in [5.41, 5.74) is 1.83. The first kappa shape index (κ1) is 15.5. The fourth-order valence-corrected chi connectivity index (χ4v) is 2.19. The Kier molecular flexibility index (Phi) is 5.10. The smallest absolute Gasteiger partial charge is 0.269 e. The van der Waals surface area contributed by atoms with Crippen LogP contribution < -0.4 is 4.74 Å². The number of non-ortho nitro benzene ring substituents is 1. The van der Waals surface area contributed by atoms with Gasteiger partial charge >= 0.3 is 0 Å². The Balaban J connectivity index is 2.11. The molecule has 0 spiro atoms. The van der Waals surface area contributed by atoms with Crippen molar-refractivity contribution in [2.24, 2.45) is 0 Å². The average Bonchev–Trinajstić information content (AvgIpc) is 2.54. The molecule has 0 saturated carbocycles. The number of nitro groups is 1. The lowest BCUT2D eigenvalue weighted by atomic mass is 9.93. The molecule has 22 heavy (non-hydrogen) atoms. The topological polar surface area (TPSA) is 76.2 Å². The van der Waals surface area contributed by atoms with E-state index in [1.165, 1.54) is 12.1 Å². The van der Waals surface area contributed by atoms with Gasteiger partial charge in [0.25, 0.3) is 5.69 Å². The molecule has 0 fully saturated rings. The average molecular weight is 296 g/mol. The van der Waals surface area contributed by atoms with Crippen molar-refractivity contribution in [3.05, 3.63) is 69.8 Å². The maximum atomic E-state index is 10.7. The molecule has 0 aromatic heterocycles. The van der Waals surface area contributed by atoms with Gasteiger partial charge in [-0.05, 0) is 36.6 Å². The number of rotatable bonds is 6. The van der Waals surface area contributed by atoms with Crippen molar-refractivity contribution in [1.82, 2.24) is 0 Å². The van der Waals surface area contributed by atoms with Gasteiger partial charge in [0, 0.05) is 12.1 Å². The van der Waals surface area contributed by atoms with E-state index >= 15 is 0 Å². The van der Waals surface area contributed by atoms with Crippen molar-refractivity contribution < 1.29 is 9.66 Å². The van der Waals surface area contributed by atoms with E-state index in [1.54, 1.807) is 12.1 Å². The van der Waals surface area contributed by atoms with Gasteiger partial charge in [-0.25, -0.2) is 0 Å². The van der Waals surface area contributed by atoms with Crippen LogP contribution in [0, 0.1) is 21.4 Å². The minimum absolute atomic E-state index is 0.0292. The van der Waals surface area contributed by atoms with Gasteiger partial charge in [-0.15, -0.1) is 0 Å². The van der Waals surface area contributed by atoms with Crippen molar-refractivity contribution in [2.75, 3.05) is 6.61 Å². The van der Waals surface area contributed by atoms with Crippen LogP contribution in [0.2, 0.25) is 0 Å². The Labute approximate surface area is 128 Å². The van der Waals surface area contributed by atoms with Crippen molar-refractivity contribution in [1.29, 1.82) is 5.26 Å². The highest BCUT2D eigenvalue weighted by molar-refractivity contribution is 5.37. The summed E-state index contributed by atoms with van der Waals surface area (Å²) in [5, 5.41) is 20.0. The highest BCUT2D eigenvalue weighted by Crippen LogP contribution is 2.24. The second kappa shape index (κ2) is 7.23. The molecule has 0 bridgehead atoms. The van der Waals surface area contributed by atoms with Crippen LogP contribution in [0.15, 0.2) is 48.5 Å². The summed E-state index contributed by atoms with van der Waals surface area (Å²) in [7, 11) is 0. The number of benzene rings is 2. The van der Waals surface area contributed by atoms with Gasteiger partial charge in [0.05, 0.1) is 23.5 Å². The molecule has 5 heteroatoms. The molecule has 2 rings (SSSR count). The second-order valence-electron chi connectivity index (χ2n) is 4.81. The first-order valence-electron chi connectivity index (χ1n) is 6.99. The number of hydrogen-bond acceptors (Lipinski definition) is 4. The molecule has 1 atom stereocenters. The summed E-state index contributed by atoms with van der Waals surface area (Å²) in [6.45, 7) is 2.54. The maximum Gasteiger partial charge on any atom is 0.269 e. The molecule has 0 aliphatic heterocycles. The number of nitro benzene ring substituents is 1. The Morgan fingerprint density at radius 2 is 1.82 bits per heavy atom. The normalized spacial score (nSPS) is 11.5. The van der Waals surface area contributed by atoms with Crippen LogP contribution in [-0.2, 0) is 6.42 Å². The zero-order valence-corrected chi connectivity index (χ0v) is 12.2. The van der Waals surface area contributed by atoms with Crippen LogP contribution in [0.4, 0.5) is 5.69 Å². The van der Waals surface area contributed by atoms with E-state index in [-0.39, 0.29) is 11.6 Å². The van der Waals surface area contributed by atoms with Crippen molar-refractivity contribution >= 4 is 5.69 Å². The Morgan fingerprint density at radius 3 is 2.32 bits per heavy atom. The van der Waals surface area contributed by atoms with Crippen LogP contribution in [0.3, 0.4) is 0 Å². The predicted molar refractivity (Wildman–Crippen MR) is 82.8 cm³/mol. The lowest BCUT2D eigenvalue weighted by Crippen LogP contribution is -2.01. The van der Waals surface area contributed by atoms with E-state index < -0.39 is 4.92 Å². The minimum atomic E-state index is -0.447. The summed E-state index contributed by atoms with van der Waals surface area (Å²) >= 11 is 0. The molecular weight excluding hydrogens is 280 g/mol. The van der Waals surface area contributed by atoms with Crippen molar-refractivity contribution in [2.45, 2.75) is 19.3 Å². The fraction of sp³-hybridized carbons (Fsp3) is 0.235. The van der Waals surface area contributed by atoms with E-state index in [9.17, 15) is 15.4 Å². The minimum Gasteiger partial charge on any atom is -0.494 e. The van der Waals surface area contributed by atoms with E-state index in [4.69, 9.17) is 4.74 Å². The Bertz CT molecular complexity index is 673. The molecule has 0 aliphatic rings. The summed E-state index contributed by atoms with van der Waals surface area (Å²) in [6, 6.07) is 16.0. The second-order valence-corrected chi connectivity index (χ2v) is 4.81. The molecule has 0 amide bonds. The Morgan fingerprint density at radius 1 is 1.18 bits per heavy atom. The third kappa shape index (κ3) is 3.83. The lowest BCUT2D eigenvalue weighted by molar-refractivity contribution is -0.384. The molecule has 112 valence electrons. The highest BCUT2D eigenvalue weighted by atomic mass is 16.6. The van der Waals surface area contributed by atoms with Crippen molar-refractivity contribution in [3.63, 3.8) is 0 Å². The van der Waals surface area contributed by atoms with Gasteiger partial charge in [-0.3, -0.25) is 10.1 Å². The molecular formula is C17H16N2O3. The molecule has 0 radical (unpaired) electrons. The van der Waals surface area contributed by atoms with Gasteiger partial charge in [-0.1, -0.05) is 24.3 Å². The van der Waals surface area contributed by atoms with E-state index in [0.29, 0.717) is 13.0 Å². The third-order valence-corrected chi connectivity index (χ3v) is 3.34. The predicted octanol–water partition coefficient (Wildman–Crippen LogP) is 3.84. The van der Waals surface area contributed by atoms with Crippen LogP contribution in [0.1, 0.15) is 24.0 Å². The lowest BCUT2D eigenvalue weighted by Gasteiger charge is -2.10. The van der Waals surface area contributed by atoms with Crippen LogP contribution in [-0.4, -0.2) is 11.5 Å². The molecule has 1 unspecified atom stereocenters. The maximum absolute atomic E-state index is 10.7. The molecule has 0 N–H and O–H groups in total. The molecule has 2 aromatic carbocycles. The first-order chi connectivity index (χ1) is 10.6. The van der Waals surface area contributed by atoms with Gasteiger partial charge in [0.15, 0.2) is 0 Å². The largest absolute Gasteiger partial charge is 0.494 e.